The highest BCUT2D eigenvalue weighted by Crippen LogP contribution is 2.31. The molecular formula is C19H20ClFN2O. The zero-order valence-corrected chi connectivity index (χ0v) is 14.6. The van der Waals surface area contributed by atoms with Crippen LogP contribution in [0.3, 0.4) is 0 Å². The molecule has 0 bridgehead atoms. The van der Waals surface area contributed by atoms with Gasteiger partial charge in [0.25, 0.3) is 5.91 Å². The van der Waals surface area contributed by atoms with E-state index >= 15 is 0 Å². The first-order valence-electron chi connectivity index (χ1n) is 8.02. The summed E-state index contributed by atoms with van der Waals surface area (Å²) in [5, 5.41) is 0.755. The number of aryl methyl sites for hydroxylation is 2. The SMILES string of the molecule is Cc1cc(C)c(N2CCN(C(=O)c3ccc(F)cc3)CC2)c(Cl)c1. The summed E-state index contributed by atoms with van der Waals surface area (Å²) in [6.07, 6.45) is 0. The molecule has 0 atom stereocenters. The van der Waals surface area contributed by atoms with Crippen LogP contribution in [0.15, 0.2) is 36.4 Å². The Morgan fingerprint density at radius 1 is 1.04 bits per heavy atom. The van der Waals surface area contributed by atoms with Crippen LogP contribution >= 0.6 is 11.6 Å². The lowest BCUT2D eigenvalue weighted by Crippen LogP contribution is -2.49. The van der Waals surface area contributed by atoms with Crippen molar-refractivity contribution >= 4 is 23.2 Å². The molecule has 1 saturated heterocycles. The van der Waals surface area contributed by atoms with E-state index in [1.807, 2.05) is 13.0 Å². The Kier molecular flexibility index (Phi) is 4.76. The van der Waals surface area contributed by atoms with E-state index in [1.54, 1.807) is 4.90 Å². The molecule has 5 heteroatoms. The fourth-order valence-electron chi connectivity index (χ4n) is 3.22. The molecule has 2 aromatic carbocycles. The summed E-state index contributed by atoms with van der Waals surface area (Å²) in [5.41, 5.74) is 3.87. The molecule has 0 aromatic heterocycles. The van der Waals surface area contributed by atoms with Gasteiger partial charge in [-0.3, -0.25) is 4.79 Å². The molecule has 0 aliphatic carbocycles. The van der Waals surface area contributed by atoms with Crippen molar-refractivity contribution in [2.45, 2.75) is 13.8 Å². The quantitative estimate of drug-likeness (QED) is 0.818. The molecule has 0 spiro atoms. The van der Waals surface area contributed by atoms with Crippen molar-refractivity contribution in [2.75, 3.05) is 31.1 Å². The Labute approximate surface area is 146 Å². The summed E-state index contributed by atoms with van der Waals surface area (Å²) < 4.78 is 13.0. The van der Waals surface area contributed by atoms with E-state index in [4.69, 9.17) is 11.6 Å². The molecule has 1 fully saturated rings. The molecular weight excluding hydrogens is 327 g/mol. The van der Waals surface area contributed by atoms with Crippen LogP contribution in [-0.2, 0) is 0 Å². The third kappa shape index (κ3) is 3.39. The number of hydrogen-bond donors (Lipinski definition) is 0. The van der Waals surface area contributed by atoms with Gasteiger partial charge in [0, 0.05) is 31.7 Å². The minimum absolute atomic E-state index is 0.0543. The smallest absolute Gasteiger partial charge is 0.253 e. The number of amides is 1. The van der Waals surface area contributed by atoms with Gasteiger partial charge in [-0.2, -0.15) is 0 Å². The minimum Gasteiger partial charge on any atom is -0.367 e. The number of rotatable bonds is 2. The molecule has 2 aromatic rings. The summed E-state index contributed by atoms with van der Waals surface area (Å²) in [6.45, 7) is 6.80. The third-order valence-corrected chi connectivity index (χ3v) is 4.66. The average molecular weight is 347 g/mol. The fourth-order valence-corrected chi connectivity index (χ4v) is 3.66. The average Bonchev–Trinajstić information content (AvgIpc) is 2.54. The number of carbonyl (C=O) groups is 1. The van der Waals surface area contributed by atoms with Crippen LogP contribution in [0, 0.1) is 19.7 Å². The lowest BCUT2D eigenvalue weighted by molar-refractivity contribution is 0.0746. The van der Waals surface area contributed by atoms with Crippen LogP contribution in [0.5, 0.6) is 0 Å². The van der Waals surface area contributed by atoms with Gasteiger partial charge in [0.2, 0.25) is 0 Å². The Bertz CT molecular complexity index is 729. The molecule has 24 heavy (non-hydrogen) atoms. The van der Waals surface area contributed by atoms with E-state index in [0.29, 0.717) is 18.7 Å². The van der Waals surface area contributed by atoms with Gasteiger partial charge >= 0.3 is 0 Å². The Hall–Kier alpha value is -2.07. The molecule has 0 N–H and O–H groups in total. The van der Waals surface area contributed by atoms with Crippen LogP contribution in [-0.4, -0.2) is 37.0 Å². The van der Waals surface area contributed by atoms with Crippen molar-refractivity contribution in [1.29, 1.82) is 0 Å². The van der Waals surface area contributed by atoms with E-state index in [9.17, 15) is 9.18 Å². The third-order valence-electron chi connectivity index (χ3n) is 4.37. The monoisotopic (exact) mass is 346 g/mol. The second-order valence-corrected chi connectivity index (χ2v) is 6.61. The van der Waals surface area contributed by atoms with Gasteiger partial charge in [0.05, 0.1) is 10.7 Å². The van der Waals surface area contributed by atoms with Crippen LogP contribution in [0.25, 0.3) is 0 Å². The van der Waals surface area contributed by atoms with Crippen LogP contribution in [0.2, 0.25) is 5.02 Å². The van der Waals surface area contributed by atoms with Crippen molar-refractivity contribution in [3.63, 3.8) is 0 Å². The molecule has 0 unspecified atom stereocenters. The standard InChI is InChI=1S/C19H20ClFN2O/c1-13-11-14(2)18(17(20)12-13)22-7-9-23(10-8-22)19(24)15-3-5-16(21)6-4-15/h3-6,11-12H,7-10H2,1-2H3. The summed E-state index contributed by atoms with van der Waals surface area (Å²) in [5.74, 6) is -0.387. The van der Waals surface area contributed by atoms with Crippen molar-refractivity contribution < 1.29 is 9.18 Å². The first-order chi connectivity index (χ1) is 11.5. The maximum Gasteiger partial charge on any atom is 0.253 e. The Balaban J connectivity index is 1.70. The Morgan fingerprint density at radius 2 is 1.67 bits per heavy atom. The van der Waals surface area contributed by atoms with E-state index in [0.717, 1.165) is 34.9 Å². The topological polar surface area (TPSA) is 23.6 Å². The first kappa shape index (κ1) is 16.8. The number of anilines is 1. The highest BCUT2D eigenvalue weighted by atomic mass is 35.5. The lowest BCUT2D eigenvalue weighted by Gasteiger charge is -2.37. The second-order valence-electron chi connectivity index (χ2n) is 6.20. The van der Waals surface area contributed by atoms with Crippen molar-refractivity contribution in [1.82, 2.24) is 4.90 Å². The molecule has 3 rings (SSSR count). The predicted molar refractivity (Wildman–Crippen MR) is 95.4 cm³/mol. The second kappa shape index (κ2) is 6.81. The van der Waals surface area contributed by atoms with E-state index in [-0.39, 0.29) is 11.7 Å². The van der Waals surface area contributed by atoms with Crippen molar-refractivity contribution in [2.24, 2.45) is 0 Å². The minimum atomic E-state index is -0.333. The summed E-state index contributed by atoms with van der Waals surface area (Å²) in [6, 6.07) is 9.80. The first-order valence-corrected chi connectivity index (χ1v) is 8.40. The van der Waals surface area contributed by atoms with Crippen molar-refractivity contribution in [3.05, 3.63) is 63.9 Å². The van der Waals surface area contributed by atoms with Gasteiger partial charge in [-0.25, -0.2) is 4.39 Å². The maximum atomic E-state index is 13.0. The molecule has 1 amide bonds. The predicted octanol–water partition coefficient (Wildman–Crippen LogP) is 4.06. The number of piperazine rings is 1. The Morgan fingerprint density at radius 3 is 2.25 bits per heavy atom. The van der Waals surface area contributed by atoms with E-state index in [1.165, 1.54) is 24.3 Å². The number of carbonyl (C=O) groups excluding carboxylic acids is 1. The van der Waals surface area contributed by atoms with Gasteiger partial charge in [-0.05, 0) is 55.3 Å². The van der Waals surface area contributed by atoms with Crippen LogP contribution in [0.4, 0.5) is 10.1 Å². The van der Waals surface area contributed by atoms with Crippen LogP contribution in [0.1, 0.15) is 21.5 Å². The molecule has 3 nitrogen and oxygen atoms in total. The highest BCUT2D eigenvalue weighted by Gasteiger charge is 2.24. The molecule has 1 heterocycles. The van der Waals surface area contributed by atoms with Gasteiger partial charge in [0.1, 0.15) is 5.82 Å². The normalized spacial score (nSPS) is 14.8. The van der Waals surface area contributed by atoms with Gasteiger partial charge in [0.15, 0.2) is 0 Å². The summed E-state index contributed by atoms with van der Waals surface area (Å²) in [7, 11) is 0. The molecule has 0 saturated carbocycles. The highest BCUT2D eigenvalue weighted by molar-refractivity contribution is 6.33. The summed E-state index contributed by atoms with van der Waals surface area (Å²) >= 11 is 6.42. The van der Waals surface area contributed by atoms with Crippen LogP contribution < -0.4 is 4.90 Å². The van der Waals surface area contributed by atoms with E-state index in [2.05, 4.69) is 17.9 Å². The van der Waals surface area contributed by atoms with Gasteiger partial charge < -0.3 is 9.80 Å². The molecule has 0 radical (unpaired) electrons. The van der Waals surface area contributed by atoms with Gasteiger partial charge in [-0.15, -0.1) is 0 Å². The largest absolute Gasteiger partial charge is 0.367 e. The molecule has 126 valence electrons. The zero-order chi connectivity index (χ0) is 17.3. The molecule has 1 aliphatic heterocycles. The lowest BCUT2D eigenvalue weighted by atomic mass is 10.1. The van der Waals surface area contributed by atoms with E-state index < -0.39 is 0 Å². The number of hydrogen-bond acceptors (Lipinski definition) is 2. The maximum absolute atomic E-state index is 13.0. The van der Waals surface area contributed by atoms with Gasteiger partial charge in [-0.1, -0.05) is 17.7 Å². The number of nitrogens with zero attached hydrogens (tertiary/aromatic N) is 2. The number of halogens is 2. The molecule has 1 aliphatic rings. The van der Waals surface area contributed by atoms with Crippen molar-refractivity contribution in [3.8, 4) is 0 Å². The summed E-state index contributed by atoms with van der Waals surface area (Å²) in [4.78, 5) is 16.5. The number of benzene rings is 2. The fraction of sp³-hybridized carbons (Fsp3) is 0.316. The zero-order valence-electron chi connectivity index (χ0n) is 13.9.